The molecule has 3 aromatic rings. The molecule has 2 aromatic carbocycles. The second-order valence-electron chi connectivity index (χ2n) is 9.47. The van der Waals surface area contributed by atoms with Gasteiger partial charge in [0, 0.05) is 42.7 Å². The minimum absolute atomic E-state index is 0.0265. The first-order chi connectivity index (χ1) is 17.5. The summed E-state index contributed by atoms with van der Waals surface area (Å²) in [5, 5.41) is 1.17. The van der Waals surface area contributed by atoms with Crippen LogP contribution in [0.5, 0.6) is 11.5 Å². The zero-order valence-electron chi connectivity index (χ0n) is 21.6. The molecule has 0 aliphatic heterocycles. The van der Waals surface area contributed by atoms with Crippen molar-refractivity contribution in [2.24, 2.45) is 0 Å². The van der Waals surface area contributed by atoms with Gasteiger partial charge in [0.05, 0.1) is 14.2 Å². The number of rotatable bonds is 13. The maximum Gasteiger partial charge on any atom is 0.242 e. The number of aromatic amines is 1. The number of methoxy groups -OCH3 is 2. The van der Waals surface area contributed by atoms with E-state index in [1.54, 1.807) is 14.2 Å². The van der Waals surface area contributed by atoms with Crippen molar-refractivity contribution in [3.63, 3.8) is 0 Å². The van der Waals surface area contributed by atoms with Gasteiger partial charge in [-0.15, -0.1) is 0 Å². The molecule has 1 heterocycles. The number of carbonyl (C=O) groups is 2. The summed E-state index contributed by atoms with van der Waals surface area (Å²) in [6, 6.07) is 14.1. The first-order valence-corrected chi connectivity index (χ1v) is 12.9. The summed E-state index contributed by atoms with van der Waals surface area (Å²) in [6.07, 6.45) is 7.03. The lowest BCUT2D eigenvalue weighted by atomic mass is 10.1. The number of unbranched alkanes of at least 4 members (excludes halogenated alkanes) is 1. The van der Waals surface area contributed by atoms with Gasteiger partial charge in [0.25, 0.3) is 0 Å². The second kappa shape index (κ2) is 12.0. The van der Waals surface area contributed by atoms with Crippen molar-refractivity contribution in [2.75, 3.05) is 27.3 Å². The average Bonchev–Trinajstić information content (AvgIpc) is 3.67. The van der Waals surface area contributed by atoms with Crippen LogP contribution in [-0.4, -0.2) is 59.9 Å². The lowest BCUT2D eigenvalue weighted by molar-refractivity contribution is -0.141. The summed E-state index contributed by atoms with van der Waals surface area (Å²) < 4.78 is 10.8. The van der Waals surface area contributed by atoms with Crippen LogP contribution in [-0.2, 0) is 22.6 Å². The zero-order valence-corrected chi connectivity index (χ0v) is 21.6. The number of carbonyl (C=O) groups excluding carboxylic acids is 2. The van der Waals surface area contributed by atoms with Crippen molar-refractivity contribution in [2.45, 2.75) is 58.0 Å². The van der Waals surface area contributed by atoms with E-state index in [9.17, 15) is 9.59 Å². The largest absolute Gasteiger partial charge is 0.493 e. The molecule has 1 saturated carbocycles. The molecule has 0 bridgehead atoms. The highest BCUT2D eigenvalue weighted by Crippen LogP contribution is 2.30. The maximum atomic E-state index is 13.6. The summed E-state index contributed by atoms with van der Waals surface area (Å²) in [5.74, 6) is 1.35. The number of benzene rings is 2. The number of aromatic nitrogens is 1. The lowest BCUT2D eigenvalue weighted by Crippen LogP contribution is -2.44. The predicted octanol–water partition coefficient (Wildman–Crippen LogP) is 4.94. The number of H-pyrrole nitrogens is 1. The van der Waals surface area contributed by atoms with Crippen molar-refractivity contribution >= 4 is 22.7 Å². The summed E-state index contributed by atoms with van der Waals surface area (Å²) in [5.41, 5.74) is 3.22. The van der Waals surface area contributed by atoms with E-state index in [0.717, 1.165) is 43.2 Å². The van der Waals surface area contributed by atoms with Crippen LogP contribution in [0.3, 0.4) is 0 Å². The average molecular weight is 492 g/mol. The first-order valence-electron chi connectivity index (χ1n) is 12.9. The Morgan fingerprint density at radius 2 is 1.81 bits per heavy atom. The Morgan fingerprint density at radius 3 is 2.53 bits per heavy atom. The van der Waals surface area contributed by atoms with Crippen molar-refractivity contribution in [3.8, 4) is 11.5 Å². The second-order valence-corrected chi connectivity index (χ2v) is 9.47. The van der Waals surface area contributed by atoms with Gasteiger partial charge in [0.1, 0.15) is 6.54 Å². The van der Waals surface area contributed by atoms with Gasteiger partial charge >= 0.3 is 0 Å². The number of nitrogens with zero attached hydrogens (tertiary/aromatic N) is 2. The Morgan fingerprint density at radius 1 is 1.03 bits per heavy atom. The normalized spacial score (nSPS) is 13.0. The Hall–Kier alpha value is -3.48. The molecular formula is C29H37N3O4. The number of ether oxygens (including phenoxy) is 2. The highest BCUT2D eigenvalue weighted by molar-refractivity contribution is 5.86. The highest BCUT2D eigenvalue weighted by atomic mass is 16.5. The van der Waals surface area contributed by atoms with Crippen LogP contribution in [0.25, 0.3) is 10.9 Å². The van der Waals surface area contributed by atoms with Crippen LogP contribution in [0.4, 0.5) is 0 Å². The van der Waals surface area contributed by atoms with E-state index >= 15 is 0 Å². The first kappa shape index (κ1) is 25.6. The molecule has 1 fully saturated rings. The summed E-state index contributed by atoms with van der Waals surface area (Å²) in [7, 11) is 3.22. The molecule has 1 aromatic heterocycles. The van der Waals surface area contributed by atoms with E-state index in [1.165, 1.54) is 10.9 Å². The standard InChI is InChI=1S/C29H37N3O4/c1-4-5-10-28(33)32(23-12-13-23)20-29(34)31(19-21-11-14-26(35-2)27(17-21)36-3)16-15-22-18-30-25-9-7-6-8-24(22)25/h6-9,11,14,17-18,23,30H,4-5,10,12-13,15-16,19-20H2,1-3H3. The third-order valence-electron chi connectivity index (χ3n) is 6.86. The van der Waals surface area contributed by atoms with E-state index in [-0.39, 0.29) is 24.4 Å². The van der Waals surface area contributed by atoms with Crippen molar-refractivity contribution < 1.29 is 19.1 Å². The van der Waals surface area contributed by atoms with Crippen LogP contribution >= 0.6 is 0 Å². The molecule has 0 atom stereocenters. The van der Waals surface area contributed by atoms with Crippen LogP contribution in [0.15, 0.2) is 48.7 Å². The fourth-order valence-corrected chi connectivity index (χ4v) is 4.61. The van der Waals surface area contributed by atoms with Crippen molar-refractivity contribution in [1.82, 2.24) is 14.8 Å². The van der Waals surface area contributed by atoms with Gasteiger partial charge in [0.2, 0.25) is 11.8 Å². The molecular weight excluding hydrogens is 454 g/mol. The quantitative estimate of drug-likeness (QED) is 0.368. The highest BCUT2D eigenvalue weighted by Gasteiger charge is 2.34. The van der Waals surface area contributed by atoms with E-state index in [0.29, 0.717) is 31.0 Å². The minimum Gasteiger partial charge on any atom is -0.493 e. The molecule has 7 nitrogen and oxygen atoms in total. The zero-order chi connectivity index (χ0) is 25.5. The molecule has 0 unspecified atom stereocenters. The summed E-state index contributed by atoms with van der Waals surface area (Å²) >= 11 is 0. The van der Waals surface area contributed by atoms with Gasteiger partial charge in [-0.1, -0.05) is 37.6 Å². The summed E-state index contributed by atoms with van der Waals surface area (Å²) in [6.45, 7) is 3.20. The molecule has 0 saturated heterocycles. The Bertz CT molecular complexity index is 1180. The number of amides is 2. The van der Waals surface area contributed by atoms with Crippen molar-refractivity contribution in [3.05, 3.63) is 59.8 Å². The number of hydrogen-bond acceptors (Lipinski definition) is 4. The molecule has 1 aliphatic rings. The van der Waals surface area contributed by atoms with Crippen LogP contribution in [0.2, 0.25) is 0 Å². The fraction of sp³-hybridized carbons (Fsp3) is 0.448. The third-order valence-corrected chi connectivity index (χ3v) is 6.86. The molecule has 2 amide bonds. The molecule has 1 aliphatic carbocycles. The van der Waals surface area contributed by atoms with Crippen LogP contribution in [0.1, 0.15) is 50.2 Å². The number of hydrogen-bond donors (Lipinski definition) is 1. The SMILES string of the molecule is CCCCC(=O)N(CC(=O)N(CCc1c[nH]c2ccccc12)Cc1ccc(OC)c(OC)c1)C1CC1. The van der Waals surface area contributed by atoms with Gasteiger partial charge < -0.3 is 24.3 Å². The van der Waals surface area contributed by atoms with Gasteiger partial charge in [-0.2, -0.15) is 0 Å². The fourth-order valence-electron chi connectivity index (χ4n) is 4.61. The third kappa shape index (κ3) is 6.20. The molecule has 192 valence electrons. The predicted molar refractivity (Wildman–Crippen MR) is 141 cm³/mol. The molecule has 1 N–H and O–H groups in total. The topological polar surface area (TPSA) is 74.9 Å². The van der Waals surface area contributed by atoms with Crippen molar-refractivity contribution in [1.29, 1.82) is 0 Å². The minimum atomic E-state index is -0.0265. The molecule has 36 heavy (non-hydrogen) atoms. The molecule has 7 heteroatoms. The number of nitrogens with one attached hydrogen (secondary N) is 1. The van der Waals surface area contributed by atoms with Crippen LogP contribution in [0, 0.1) is 0 Å². The van der Waals surface area contributed by atoms with Gasteiger partial charge in [0.15, 0.2) is 11.5 Å². The van der Waals surface area contributed by atoms with Gasteiger partial charge in [-0.05, 0) is 55.0 Å². The molecule has 0 spiro atoms. The summed E-state index contributed by atoms with van der Waals surface area (Å²) in [4.78, 5) is 33.5. The van der Waals surface area contributed by atoms with Gasteiger partial charge in [-0.25, -0.2) is 0 Å². The Labute approximate surface area is 213 Å². The number of fused-ring (bicyclic) bond motifs is 1. The molecule has 4 rings (SSSR count). The van der Waals surface area contributed by atoms with E-state index in [1.807, 2.05) is 46.3 Å². The Kier molecular flexibility index (Phi) is 8.52. The smallest absolute Gasteiger partial charge is 0.242 e. The lowest BCUT2D eigenvalue weighted by Gasteiger charge is -2.28. The van der Waals surface area contributed by atoms with E-state index in [2.05, 4.69) is 24.0 Å². The Balaban J connectivity index is 1.53. The van der Waals surface area contributed by atoms with Gasteiger partial charge in [-0.3, -0.25) is 9.59 Å². The molecule has 0 radical (unpaired) electrons. The van der Waals surface area contributed by atoms with E-state index in [4.69, 9.17) is 9.47 Å². The van der Waals surface area contributed by atoms with Crippen LogP contribution < -0.4 is 9.47 Å². The number of para-hydroxylation sites is 1. The monoisotopic (exact) mass is 491 g/mol. The maximum absolute atomic E-state index is 13.6. The van der Waals surface area contributed by atoms with E-state index < -0.39 is 0 Å².